The highest BCUT2D eigenvalue weighted by Gasteiger charge is 2.42. The van der Waals surface area contributed by atoms with Crippen molar-refractivity contribution in [2.24, 2.45) is 0 Å². The van der Waals surface area contributed by atoms with E-state index in [1.54, 1.807) is 42.5 Å². The summed E-state index contributed by atoms with van der Waals surface area (Å²) in [5.74, 6) is -3.47. The maximum absolute atomic E-state index is 13.5. The summed E-state index contributed by atoms with van der Waals surface area (Å²) in [6.45, 7) is -0.643. The second-order valence-corrected chi connectivity index (χ2v) is 6.42. The number of benzene rings is 2. The molecule has 1 heterocycles. The topological polar surface area (TPSA) is 58.6 Å². The van der Waals surface area contributed by atoms with Gasteiger partial charge in [-0.1, -0.05) is 60.7 Å². The van der Waals surface area contributed by atoms with E-state index in [-0.39, 0.29) is 19.6 Å². The molecule has 0 radical (unpaired) electrons. The monoisotopic (exact) mass is 374 g/mol. The van der Waals surface area contributed by atoms with Gasteiger partial charge in [0.15, 0.2) is 0 Å². The Morgan fingerprint density at radius 1 is 1.07 bits per heavy atom. The van der Waals surface area contributed by atoms with E-state index < -0.39 is 30.5 Å². The highest BCUT2D eigenvalue weighted by atomic mass is 19.3. The van der Waals surface area contributed by atoms with E-state index >= 15 is 0 Å². The van der Waals surface area contributed by atoms with Gasteiger partial charge in [-0.05, 0) is 11.1 Å². The maximum Gasteiger partial charge on any atom is 0.408 e. The van der Waals surface area contributed by atoms with Crippen LogP contribution in [0.4, 0.5) is 13.6 Å². The van der Waals surface area contributed by atoms with Crippen LogP contribution in [0.15, 0.2) is 60.7 Å². The number of nitrogens with zero attached hydrogens (tertiary/aromatic N) is 1. The summed E-state index contributed by atoms with van der Waals surface area (Å²) in [5.41, 5.74) is 1.31. The summed E-state index contributed by atoms with van der Waals surface area (Å²) in [4.78, 5) is 26.0. The summed E-state index contributed by atoms with van der Waals surface area (Å²) < 4.78 is 32.1. The van der Waals surface area contributed by atoms with E-state index in [9.17, 15) is 18.4 Å². The van der Waals surface area contributed by atoms with Crippen LogP contribution in [-0.4, -0.2) is 35.9 Å². The van der Waals surface area contributed by atoms with Gasteiger partial charge in [0.2, 0.25) is 5.91 Å². The quantitative estimate of drug-likeness (QED) is 0.871. The minimum atomic E-state index is -2.90. The number of carbonyl (C=O) groups excluding carboxylic acids is 2. The van der Waals surface area contributed by atoms with Gasteiger partial charge in [0.05, 0.1) is 6.54 Å². The maximum atomic E-state index is 13.5. The first-order chi connectivity index (χ1) is 12.9. The number of alkyl carbamates (subject to hydrolysis) is 1. The minimum absolute atomic E-state index is 0.0457. The van der Waals surface area contributed by atoms with Gasteiger partial charge in [0, 0.05) is 13.0 Å². The van der Waals surface area contributed by atoms with Crippen LogP contribution in [-0.2, 0) is 16.1 Å². The summed E-state index contributed by atoms with van der Waals surface area (Å²) in [6.07, 6.45) is -1.16. The first-order valence-electron chi connectivity index (χ1n) is 8.63. The lowest BCUT2D eigenvalue weighted by molar-refractivity contribution is -0.134. The average molecular weight is 374 g/mol. The van der Waals surface area contributed by atoms with Gasteiger partial charge in [0.1, 0.15) is 12.6 Å². The van der Waals surface area contributed by atoms with Crippen molar-refractivity contribution in [3.63, 3.8) is 0 Å². The lowest BCUT2D eigenvalue weighted by Gasteiger charge is -2.24. The Kier molecular flexibility index (Phi) is 5.69. The standard InChI is InChI=1S/C20H20F2N2O3/c21-20(22)11-12-24(14-20)18(25)17(16-9-5-2-6-10-16)23-19(26)27-13-15-7-3-1-4-8-15/h1-10,17H,11-14H2,(H,23,26). The van der Waals surface area contributed by atoms with Crippen molar-refractivity contribution in [3.05, 3.63) is 71.8 Å². The van der Waals surface area contributed by atoms with Crippen LogP contribution in [0.25, 0.3) is 0 Å². The number of ether oxygens (including phenoxy) is 1. The summed E-state index contributed by atoms with van der Waals surface area (Å²) >= 11 is 0. The first-order valence-corrected chi connectivity index (χ1v) is 8.63. The number of rotatable bonds is 5. The average Bonchev–Trinajstić information content (AvgIpc) is 3.05. The fourth-order valence-corrected chi connectivity index (χ4v) is 2.92. The van der Waals surface area contributed by atoms with Crippen LogP contribution >= 0.6 is 0 Å². The van der Waals surface area contributed by atoms with Crippen LogP contribution in [0, 0.1) is 0 Å². The normalized spacial score (nSPS) is 16.6. The predicted octanol–water partition coefficient (Wildman–Crippen LogP) is 3.52. The molecular formula is C20H20F2N2O3. The van der Waals surface area contributed by atoms with E-state index in [0.717, 1.165) is 10.5 Å². The number of halogens is 2. The highest BCUT2D eigenvalue weighted by Crippen LogP contribution is 2.29. The molecule has 1 aliphatic heterocycles. The highest BCUT2D eigenvalue weighted by molar-refractivity contribution is 5.87. The number of hydrogen-bond donors (Lipinski definition) is 1. The van der Waals surface area contributed by atoms with Crippen molar-refractivity contribution in [1.82, 2.24) is 10.2 Å². The molecule has 1 N–H and O–H groups in total. The molecular weight excluding hydrogens is 354 g/mol. The largest absolute Gasteiger partial charge is 0.445 e. The number of amides is 2. The van der Waals surface area contributed by atoms with Crippen LogP contribution in [0.5, 0.6) is 0 Å². The van der Waals surface area contributed by atoms with Crippen molar-refractivity contribution in [3.8, 4) is 0 Å². The van der Waals surface area contributed by atoms with Gasteiger partial charge in [0.25, 0.3) is 5.92 Å². The van der Waals surface area contributed by atoms with Crippen molar-refractivity contribution in [2.45, 2.75) is 25.0 Å². The van der Waals surface area contributed by atoms with E-state index in [4.69, 9.17) is 4.74 Å². The number of nitrogens with one attached hydrogen (secondary N) is 1. The third kappa shape index (κ3) is 5.03. The summed E-state index contributed by atoms with van der Waals surface area (Å²) in [5, 5.41) is 2.51. The Morgan fingerprint density at radius 2 is 1.70 bits per heavy atom. The van der Waals surface area contributed by atoms with E-state index in [1.165, 1.54) is 0 Å². The fourth-order valence-electron chi connectivity index (χ4n) is 2.92. The molecule has 0 aliphatic carbocycles. The molecule has 0 bridgehead atoms. The molecule has 2 amide bonds. The predicted molar refractivity (Wildman–Crippen MR) is 95.1 cm³/mol. The number of alkyl halides is 2. The fraction of sp³-hybridized carbons (Fsp3) is 0.300. The molecule has 0 spiro atoms. The van der Waals surface area contributed by atoms with Gasteiger partial charge in [-0.2, -0.15) is 0 Å². The van der Waals surface area contributed by atoms with Gasteiger partial charge in [-0.15, -0.1) is 0 Å². The zero-order valence-electron chi connectivity index (χ0n) is 14.6. The van der Waals surface area contributed by atoms with Crippen molar-refractivity contribution < 1.29 is 23.1 Å². The van der Waals surface area contributed by atoms with E-state index in [2.05, 4.69) is 5.32 Å². The molecule has 0 aromatic heterocycles. The molecule has 142 valence electrons. The number of carbonyl (C=O) groups is 2. The Labute approximate surface area is 155 Å². The van der Waals surface area contributed by atoms with Crippen molar-refractivity contribution in [2.75, 3.05) is 13.1 Å². The summed E-state index contributed by atoms with van der Waals surface area (Å²) in [6, 6.07) is 16.5. The molecule has 27 heavy (non-hydrogen) atoms. The second kappa shape index (κ2) is 8.16. The summed E-state index contributed by atoms with van der Waals surface area (Å²) in [7, 11) is 0. The Bertz CT molecular complexity index is 784. The van der Waals surface area contributed by atoms with Gasteiger partial charge >= 0.3 is 6.09 Å². The van der Waals surface area contributed by atoms with Crippen LogP contribution < -0.4 is 5.32 Å². The number of hydrogen-bond acceptors (Lipinski definition) is 3. The molecule has 0 saturated carbocycles. The second-order valence-electron chi connectivity index (χ2n) is 6.42. The molecule has 7 heteroatoms. The number of likely N-dealkylation sites (tertiary alicyclic amines) is 1. The SMILES string of the molecule is O=C(NC(C(=O)N1CCC(F)(F)C1)c1ccccc1)OCc1ccccc1. The molecule has 1 unspecified atom stereocenters. The molecule has 3 rings (SSSR count). The van der Waals surface area contributed by atoms with Crippen molar-refractivity contribution in [1.29, 1.82) is 0 Å². The third-order valence-electron chi connectivity index (χ3n) is 4.34. The van der Waals surface area contributed by atoms with Gasteiger partial charge < -0.3 is 15.0 Å². The molecule has 1 atom stereocenters. The van der Waals surface area contributed by atoms with Gasteiger partial charge in [-0.25, -0.2) is 13.6 Å². The van der Waals surface area contributed by atoms with E-state index in [1.807, 2.05) is 18.2 Å². The lowest BCUT2D eigenvalue weighted by Crippen LogP contribution is -2.43. The minimum Gasteiger partial charge on any atom is -0.445 e. The van der Waals surface area contributed by atoms with Crippen LogP contribution in [0.2, 0.25) is 0 Å². The molecule has 2 aromatic rings. The molecule has 2 aromatic carbocycles. The van der Waals surface area contributed by atoms with E-state index in [0.29, 0.717) is 5.56 Å². The van der Waals surface area contributed by atoms with Gasteiger partial charge in [-0.3, -0.25) is 4.79 Å². The smallest absolute Gasteiger partial charge is 0.408 e. The zero-order chi connectivity index (χ0) is 19.3. The van der Waals surface area contributed by atoms with Crippen LogP contribution in [0.1, 0.15) is 23.6 Å². The molecule has 1 fully saturated rings. The Morgan fingerprint density at radius 3 is 2.30 bits per heavy atom. The van der Waals surface area contributed by atoms with Crippen LogP contribution in [0.3, 0.4) is 0 Å². The first kappa shape index (κ1) is 18.8. The molecule has 1 aliphatic rings. The zero-order valence-corrected chi connectivity index (χ0v) is 14.6. The molecule has 5 nitrogen and oxygen atoms in total. The molecule has 1 saturated heterocycles. The Balaban J connectivity index is 1.69. The third-order valence-corrected chi connectivity index (χ3v) is 4.34. The Hall–Kier alpha value is -2.96. The lowest BCUT2D eigenvalue weighted by atomic mass is 10.1. The van der Waals surface area contributed by atoms with Crippen molar-refractivity contribution >= 4 is 12.0 Å².